The van der Waals surface area contributed by atoms with Crippen LogP contribution >= 0.6 is 0 Å². The van der Waals surface area contributed by atoms with E-state index >= 15 is 0 Å². The molecule has 0 amide bonds. The van der Waals surface area contributed by atoms with Crippen LogP contribution < -0.4 is 0 Å². The van der Waals surface area contributed by atoms with Crippen molar-refractivity contribution in [1.82, 2.24) is 0 Å². The Bertz CT molecular complexity index is 192. The predicted octanol–water partition coefficient (Wildman–Crippen LogP) is 3.59. The van der Waals surface area contributed by atoms with Gasteiger partial charge in [0.2, 0.25) is 0 Å². The van der Waals surface area contributed by atoms with Gasteiger partial charge in [-0.25, -0.2) is 0 Å². The first-order chi connectivity index (χ1) is 6.81. The topological polar surface area (TPSA) is 26.3 Å². The number of hydrogen-bond acceptors (Lipinski definition) is 2. The third kappa shape index (κ3) is 9.04. The Labute approximate surface area is 86.6 Å². The molecular weight excluding hydrogens is 176 g/mol. The number of carbonyl (C=O) groups is 1. The molecule has 0 saturated carbocycles. The van der Waals surface area contributed by atoms with Crippen molar-refractivity contribution in [3.63, 3.8) is 0 Å². The van der Waals surface area contributed by atoms with Gasteiger partial charge in [0.05, 0.1) is 6.26 Å². The van der Waals surface area contributed by atoms with E-state index < -0.39 is 0 Å². The molecule has 2 nitrogen and oxygen atoms in total. The molecule has 2 heteroatoms. The molecule has 0 N–H and O–H groups in total. The maximum Gasteiger partial charge on any atom is 0.310 e. The molecule has 0 aliphatic carbocycles. The summed E-state index contributed by atoms with van der Waals surface area (Å²) in [5, 5.41) is 0. The van der Waals surface area contributed by atoms with Crippen molar-refractivity contribution in [2.75, 3.05) is 0 Å². The Hall–Kier alpha value is -1.05. The van der Waals surface area contributed by atoms with Gasteiger partial charge in [0.25, 0.3) is 0 Å². The van der Waals surface area contributed by atoms with Crippen molar-refractivity contribution in [1.29, 1.82) is 0 Å². The van der Waals surface area contributed by atoms with Gasteiger partial charge in [0.1, 0.15) is 0 Å². The SMILES string of the molecule is CCCCC=CC=COC(=O)CCC. The Kier molecular flexibility index (Phi) is 9.28. The molecule has 0 rings (SSSR count). The number of esters is 1. The monoisotopic (exact) mass is 196 g/mol. The highest BCUT2D eigenvalue weighted by Crippen LogP contribution is 1.95. The summed E-state index contributed by atoms with van der Waals surface area (Å²) in [6, 6.07) is 0. The van der Waals surface area contributed by atoms with Crippen LogP contribution in [0.25, 0.3) is 0 Å². The number of carbonyl (C=O) groups excluding carboxylic acids is 1. The zero-order chi connectivity index (χ0) is 10.6. The molecule has 0 aromatic carbocycles. The zero-order valence-corrected chi connectivity index (χ0v) is 9.16. The molecule has 0 radical (unpaired) electrons. The summed E-state index contributed by atoms with van der Waals surface area (Å²) in [5.41, 5.74) is 0. The molecule has 0 fully saturated rings. The number of allylic oxidation sites excluding steroid dienone is 3. The molecule has 0 aliphatic heterocycles. The average molecular weight is 196 g/mol. The maximum atomic E-state index is 10.9. The van der Waals surface area contributed by atoms with Crippen molar-refractivity contribution < 1.29 is 9.53 Å². The van der Waals surface area contributed by atoms with Gasteiger partial charge < -0.3 is 4.74 Å². The maximum absolute atomic E-state index is 10.9. The summed E-state index contributed by atoms with van der Waals surface area (Å²) in [7, 11) is 0. The highest BCUT2D eigenvalue weighted by molar-refractivity contribution is 5.69. The second-order valence-corrected chi connectivity index (χ2v) is 3.14. The first-order valence-electron chi connectivity index (χ1n) is 5.32. The van der Waals surface area contributed by atoms with E-state index in [-0.39, 0.29) is 5.97 Å². The van der Waals surface area contributed by atoms with Crippen LogP contribution in [-0.4, -0.2) is 5.97 Å². The molecule has 0 atom stereocenters. The van der Waals surface area contributed by atoms with Gasteiger partial charge in [0.15, 0.2) is 0 Å². The van der Waals surface area contributed by atoms with Gasteiger partial charge in [-0.15, -0.1) is 0 Å². The van der Waals surface area contributed by atoms with E-state index in [0.29, 0.717) is 6.42 Å². The zero-order valence-electron chi connectivity index (χ0n) is 9.16. The van der Waals surface area contributed by atoms with E-state index in [0.717, 1.165) is 12.8 Å². The second kappa shape index (κ2) is 10.0. The molecule has 0 aliphatic rings. The van der Waals surface area contributed by atoms with E-state index in [4.69, 9.17) is 4.74 Å². The molecule has 0 aromatic heterocycles. The fraction of sp³-hybridized carbons (Fsp3) is 0.583. The molecule has 0 spiro atoms. The Balaban J connectivity index is 3.43. The van der Waals surface area contributed by atoms with E-state index in [9.17, 15) is 4.79 Å². The van der Waals surface area contributed by atoms with Crippen LogP contribution in [0.4, 0.5) is 0 Å². The number of unbranched alkanes of at least 4 members (excludes halogenated alkanes) is 2. The minimum absolute atomic E-state index is 0.161. The van der Waals surface area contributed by atoms with Crippen LogP contribution in [0.2, 0.25) is 0 Å². The quantitative estimate of drug-likeness (QED) is 0.269. The van der Waals surface area contributed by atoms with Gasteiger partial charge >= 0.3 is 5.97 Å². The highest BCUT2D eigenvalue weighted by atomic mass is 16.5. The van der Waals surface area contributed by atoms with Crippen LogP contribution in [0.5, 0.6) is 0 Å². The van der Waals surface area contributed by atoms with Crippen LogP contribution in [-0.2, 0) is 9.53 Å². The fourth-order valence-corrected chi connectivity index (χ4v) is 0.920. The molecule has 14 heavy (non-hydrogen) atoms. The summed E-state index contributed by atoms with van der Waals surface area (Å²) in [6.07, 6.45) is 12.0. The van der Waals surface area contributed by atoms with Crippen molar-refractivity contribution >= 4 is 5.97 Å². The summed E-state index contributed by atoms with van der Waals surface area (Å²) in [5.74, 6) is -0.161. The molecule has 0 unspecified atom stereocenters. The summed E-state index contributed by atoms with van der Waals surface area (Å²) in [4.78, 5) is 10.9. The minimum atomic E-state index is -0.161. The van der Waals surface area contributed by atoms with Crippen LogP contribution in [0.1, 0.15) is 46.0 Å². The smallest absolute Gasteiger partial charge is 0.310 e. The number of rotatable bonds is 7. The molecule has 0 aromatic rings. The van der Waals surface area contributed by atoms with Gasteiger partial charge in [0, 0.05) is 6.42 Å². The predicted molar refractivity (Wildman–Crippen MR) is 58.8 cm³/mol. The van der Waals surface area contributed by atoms with Gasteiger partial charge in [-0.2, -0.15) is 0 Å². The lowest BCUT2D eigenvalue weighted by molar-refractivity contribution is -0.138. The van der Waals surface area contributed by atoms with E-state index in [2.05, 4.69) is 13.0 Å². The van der Waals surface area contributed by atoms with Crippen LogP contribution in [0, 0.1) is 0 Å². The Morgan fingerprint density at radius 2 is 2.00 bits per heavy atom. The van der Waals surface area contributed by atoms with E-state index in [1.165, 1.54) is 19.1 Å². The lowest BCUT2D eigenvalue weighted by atomic mass is 10.2. The Morgan fingerprint density at radius 1 is 1.21 bits per heavy atom. The van der Waals surface area contributed by atoms with Crippen LogP contribution in [0.15, 0.2) is 24.5 Å². The standard InChI is InChI=1S/C12H20O2/c1-3-5-6-7-8-9-11-14-12(13)10-4-2/h7-9,11H,3-6,10H2,1-2H3. The lowest BCUT2D eigenvalue weighted by Crippen LogP contribution is -1.97. The van der Waals surface area contributed by atoms with Gasteiger partial charge in [-0.05, 0) is 18.9 Å². The third-order valence-corrected chi connectivity index (χ3v) is 1.70. The first kappa shape index (κ1) is 12.9. The fourth-order valence-electron chi connectivity index (χ4n) is 0.920. The minimum Gasteiger partial charge on any atom is -0.434 e. The van der Waals surface area contributed by atoms with Crippen molar-refractivity contribution in [2.45, 2.75) is 46.0 Å². The molecule has 0 saturated heterocycles. The molecule has 80 valence electrons. The van der Waals surface area contributed by atoms with Crippen molar-refractivity contribution in [3.05, 3.63) is 24.5 Å². The lowest BCUT2D eigenvalue weighted by Gasteiger charge is -1.93. The van der Waals surface area contributed by atoms with E-state index in [1.807, 2.05) is 13.0 Å². The summed E-state index contributed by atoms with van der Waals surface area (Å²) >= 11 is 0. The summed E-state index contributed by atoms with van der Waals surface area (Å²) in [6.45, 7) is 4.12. The Morgan fingerprint density at radius 3 is 2.64 bits per heavy atom. The number of hydrogen-bond donors (Lipinski definition) is 0. The van der Waals surface area contributed by atoms with Crippen molar-refractivity contribution in [2.24, 2.45) is 0 Å². The van der Waals surface area contributed by atoms with Gasteiger partial charge in [-0.3, -0.25) is 4.79 Å². The van der Waals surface area contributed by atoms with E-state index in [1.54, 1.807) is 6.08 Å². The average Bonchev–Trinajstić information content (AvgIpc) is 2.17. The molecular formula is C12H20O2. The van der Waals surface area contributed by atoms with Gasteiger partial charge in [-0.1, -0.05) is 38.8 Å². The summed E-state index contributed by atoms with van der Waals surface area (Å²) < 4.78 is 4.82. The molecule has 0 heterocycles. The van der Waals surface area contributed by atoms with Crippen LogP contribution in [0.3, 0.4) is 0 Å². The third-order valence-electron chi connectivity index (χ3n) is 1.70. The number of ether oxygens (including phenoxy) is 1. The normalized spacial score (nSPS) is 11.3. The van der Waals surface area contributed by atoms with Crippen molar-refractivity contribution in [3.8, 4) is 0 Å². The largest absolute Gasteiger partial charge is 0.434 e. The highest BCUT2D eigenvalue weighted by Gasteiger charge is 1.95. The first-order valence-corrected chi connectivity index (χ1v) is 5.32. The molecule has 0 bridgehead atoms. The second-order valence-electron chi connectivity index (χ2n) is 3.14.